The molecule has 2 heterocycles. The third-order valence-corrected chi connectivity index (χ3v) is 5.60. The monoisotopic (exact) mass is 441 g/mol. The highest BCUT2D eigenvalue weighted by molar-refractivity contribution is 5.29. The van der Waals surface area contributed by atoms with Crippen molar-refractivity contribution in [3.63, 3.8) is 0 Å². The molecule has 7 heteroatoms. The van der Waals surface area contributed by atoms with E-state index < -0.39 is 6.10 Å². The van der Waals surface area contributed by atoms with Crippen molar-refractivity contribution in [3.05, 3.63) is 53.9 Å². The number of rotatable bonds is 13. The topological polar surface area (TPSA) is 59.3 Å². The van der Waals surface area contributed by atoms with E-state index in [4.69, 9.17) is 20.6 Å². The van der Waals surface area contributed by atoms with Crippen LogP contribution in [0.2, 0.25) is 0 Å². The van der Waals surface area contributed by atoms with Crippen LogP contribution in [0, 0.1) is 12.3 Å². The number of aliphatic hydroxyl groups is 1. The maximum absolute atomic E-state index is 10.5. The zero-order valence-electron chi connectivity index (χ0n) is 19.0. The maximum atomic E-state index is 10.5. The first kappa shape index (κ1) is 24.3. The molecule has 1 aliphatic heterocycles. The average Bonchev–Trinajstić information content (AvgIpc) is 3.24. The quantitative estimate of drug-likeness (QED) is 0.377. The number of morpholine rings is 1. The molecule has 0 bridgehead atoms. The van der Waals surface area contributed by atoms with Gasteiger partial charge in [0.05, 0.1) is 33.0 Å². The molecule has 174 valence electrons. The Kier molecular flexibility index (Phi) is 10.1. The summed E-state index contributed by atoms with van der Waals surface area (Å²) in [6.45, 7) is 7.77. The highest BCUT2D eigenvalue weighted by Gasteiger charge is 2.17. The van der Waals surface area contributed by atoms with Crippen LogP contribution in [0.5, 0.6) is 5.75 Å². The molecule has 7 nitrogen and oxygen atoms in total. The summed E-state index contributed by atoms with van der Waals surface area (Å²) in [4.78, 5) is 4.70. The number of benzene rings is 1. The van der Waals surface area contributed by atoms with Crippen molar-refractivity contribution in [1.29, 1.82) is 0 Å². The van der Waals surface area contributed by atoms with Gasteiger partial charge >= 0.3 is 0 Å². The fourth-order valence-electron chi connectivity index (χ4n) is 3.89. The van der Waals surface area contributed by atoms with Gasteiger partial charge in [0.1, 0.15) is 12.4 Å². The van der Waals surface area contributed by atoms with Gasteiger partial charge < -0.3 is 23.9 Å². The van der Waals surface area contributed by atoms with Gasteiger partial charge in [0, 0.05) is 57.7 Å². The van der Waals surface area contributed by atoms with Crippen LogP contribution >= 0.6 is 0 Å². The molecule has 0 aliphatic carbocycles. The summed E-state index contributed by atoms with van der Waals surface area (Å²) in [7, 11) is 1.69. The number of aliphatic hydroxyl groups excluding tert-OH is 1. The summed E-state index contributed by atoms with van der Waals surface area (Å²) in [5, 5.41) is 10.5. The molecular formula is C25H35N3O4. The lowest BCUT2D eigenvalue weighted by atomic mass is 10.2. The standard InChI is InChI=1S/C25H35N3O4/c1-3-14-32-21-24(29)20-27(11-10-26-12-15-31-16-13-26)19-23-7-5-9-28(23)18-22-6-4-8-25(17-22)30-2/h1,4-9,17,24,29H,10-16,18-21H2,2H3/t24-/m1/s1. The number of ether oxygens (including phenoxy) is 3. The lowest BCUT2D eigenvalue weighted by Crippen LogP contribution is -2.43. The minimum atomic E-state index is -0.588. The van der Waals surface area contributed by atoms with Crippen molar-refractivity contribution in [2.45, 2.75) is 19.2 Å². The Bertz CT molecular complexity index is 842. The molecule has 3 rings (SSSR count). The first-order valence-electron chi connectivity index (χ1n) is 11.2. The van der Waals surface area contributed by atoms with E-state index in [1.54, 1.807) is 7.11 Å². The summed E-state index contributed by atoms with van der Waals surface area (Å²) in [6, 6.07) is 12.3. The van der Waals surface area contributed by atoms with Gasteiger partial charge in [-0.15, -0.1) is 6.42 Å². The van der Waals surface area contributed by atoms with Crippen LogP contribution in [-0.2, 0) is 22.6 Å². The van der Waals surface area contributed by atoms with Crippen LogP contribution in [-0.4, -0.2) is 91.8 Å². The van der Waals surface area contributed by atoms with Gasteiger partial charge in [0.25, 0.3) is 0 Å². The summed E-state index contributed by atoms with van der Waals surface area (Å²) in [5.74, 6) is 3.30. The number of aromatic nitrogens is 1. The normalized spacial score (nSPS) is 15.6. The third kappa shape index (κ3) is 7.97. The SMILES string of the molecule is C#CCOC[C@H](O)CN(CCN1CCOCC1)Cc1cccn1Cc1cccc(OC)c1. The molecule has 1 aromatic heterocycles. The van der Waals surface area contributed by atoms with Crippen LogP contribution in [0.3, 0.4) is 0 Å². The van der Waals surface area contributed by atoms with E-state index in [0.717, 1.165) is 58.2 Å². The molecule has 1 fully saturated rings. The Hall–Kier alpha value is -2.34. The second-order valence-electron chi connectivity index (χ2n) is 8.04. The smallest absolute Gasteiger partial charge is 0.119 e. The van der Waals surface area contributed by atoms with Gasteiger partial charge in [-0.05, 0) is 29.8 Å². The fraction of sp³-hybridized carbons (Fsp3) is 0.520. The predicted molar refractivity (Wildman–Crippen MR) is 125 cm³/mol. The molecule has 1 atom stereocenters. The molecule has 1 aliphatic rings. The zero-order chi connectivity index (χ0) is 22.6. The van der Waals surface area contributed by atoms with Crippen molar-refractivity contribution in [2.75, 3.05) is 66.3 Å². The molecule has 0 unspecified atom stereocenters. The lowest BCUT2D eigenvalue weighted by Gasteiger charge is -2.31. The number of methoxy groups -OCH3 is 1. The maximum Gasteiger partial charge on any atom is 0.119 e. The van der Waals surface area contributed by atoms with Crippen molar-refractivity contribution in [2.24, 2.45) is 0 Å². The van der Waals surface area contributed by atoms with E-state index >= 15 is 0 Å². The van der Waals surface area contributed by atoms with E-state index in [-0.39, 0.29) is 13.2 Å². The number of nitrogens with zero attached hydrogens (tertiary/aromatic N) is 3. The van der Waals surface area contributed by atoms with E-state index in [1.807, 2.05) is 12.1 Å². The Labute approximate surface area is 191 Å². The van der Waals surface area contributed by atoms with E-state index in [2.05, 4.69) is 50.7 Å². The number of hydrogen-bond donors (Lipinski definition) is 1. The van der Waals surface area contributed by atoms with Gasteiger partial charge in [-0.25, -0.2) is 0 Å². The highest BCUT2D eigenvalue weighted by atomic mass is 16.5. The Morgan fingerprint density at radius 3 is 2.88 bits per heavy atom. The van der Waals surface area contributed by atoms with Crippen molar-refractivity contribution in [3.8, 4) is 18.1 Å². The van der Waals surface area contributed by atoms with Crippen LogP contribution in [0.15, 0.2) is 42.6 Å². The van der Waals surface area contributed by atoms with E-state index in [0.29, 0.717) is 6.54 Å². The molecule has 2 aromatic rings. The van der Waals surface area contributed by atoms with Crippen LogP contribution in [0.25, 0.3) is 0 Å². The van der Waals surface area contributed by atoms with Gasteiger partial charge in [-0.2, -0.15) is 0 Å². The Morgan fingerprint density at radius 2 is 2.09 bits per heavy atom. The molecule has 0 radical (unpaired) electrons. The van der Waals surface area contributed by atoms with Crippen LogP contribution in [0.1, 0.15) is 11.3 Å². The summed E-state index contributed by atoms with van der Waals surface area (Å²) >= 11 is 0. The molecule has 0 saturated carbocycles. The molecule has 0 amide bonds. The van der Waals surface area contributed by atoms with Gasteiger partial charge in [-0.3, -0.25) is 9.80 Å². The summed E-state index contributed by atoms with van der Waals surface area (Å²) in [5.41, 5.74) is 2.39. The van der Waals surface area contributed by atoms with Crippen molar-refractivity contribution in [1.82, 2.24) is 14.4 Å². The largest absolute Gasteiger partial charge is 0.497 e. The minimum Gasteiger partial charge on any atom is -0.497 e. The molecule has 32 heavy (non-hydrogen) atoms. The molecule has 0 spiro atoms. The van der Waals surface area contributed by atoms with Crippen molar-refractivity contribution >= 4 is 0 Å². The predicted octanol–water partition coefficient (Wildman–Crippen LogP) is 1.69. The molecule has 1 saturated heterocycles. The molecule has 1 aromatic carbocycles. The van der Waals surface area contributed by atoms with Gasteiger partial charge in [-0.1, -0.05) is 18.1 Å². The average molecular weight is 442 g/mol. The first-order chi connectivity index (χ1) is 15.7. The second-order valence-corrected chi connectivity index (χ2v) is 8.04. The first-order valence-corrected chi connectivity index (χ1v) is 11.2. The van der Waals surface area contributed by atoms with Gasteiger partial charge in [0.2, 0.25) is 0 Å². The number of terminal acetylenes is 1. The van der Waals surface area contributed by atoms with Gasteiger partial charge in [0.15, 0.2) is 0 Å². The molecular weight excluding hydrogens is 406 g/mol. The highest BCUT2D eigenvalue weighted by Crippen LogP contribution is 2.16. The third-order valence-electron chi connectivity index (χ3n) is 5.60. The summed E-state index contributed by atoms with van der Waals surface area (Å²) in [6.07, 6.45) is 6.75. The second kappa shape index (κ2) is 13.3. The lowest BCUT2D eigenvalue weighted by molar-refractivity contribution is 0.0133. The van der Waals surface area contributed by atoms with E-state index in [9.17, 15) is 5.11 Å². The van der Waals surface area contributed by atoms with Crippen LogP contribution in [0.4, 0.5) is 0 Å². The van der Waals surface area contributed by atoms with Crippen LogP contribution < -0.4 is 4.74 Å². The minimum absolute atomic E-state index is 0.216. The Balaban J connectivity index is 1.63. The molecule has 1 N–H and O–H groups in total. The Morgan fingerprint density at radius 1 is 1.25 bits per heavy atom. The van der Waals surface area contributed by atoms with E-state index in [1.165, 1.54) is 11.3 Å². The fourth-order valence-corrected chi connectivity index (χ4v) is 3.89. The van der Waals surface area contributed by atoms with Crippen molar-refractivity contribution < 1.29 is 19.3 Å². The summed E-state index contributed by atoms with van der Waals surface area (Å²) < 4.78 is 18.4. The zero-order valence-corrected chi connectivity index (χ0v) is 19.0. The number of hydrogen-bond acceptors (Lipinski definition) is 6.